The van der Waals surface area contributed by atoms with Gasteiger partial charge in [-0.3, -0.25) is 4.98 Å². The summed E-state index contributed by atoms with van der Waals surface area (Å²) in [6, 6.07) is 6.83. The Morgan fingerprint density at radius 3 is 2.65 bits per heavy atom. The van der Waals surface area contributed by atoms with Crippen molar-refractivity contribution in [1.82, 2.24) is 9.97 Å². The fraction of sp³-hybridized carbons (Fsp3) is 0. The topological polar surface area (TPSA) is 93.6 Å². The van der Waals surface area contributed by atoms with Crippen LogP contribution in [-0.2, 0) is 0 Å². The minimum Gasteiger partial charge on any atom is -0.454 e. The number of hydrogen-bond acceptors (Lipinski definition) is 5. The lowest BCUT2D eigenvalue weighted by Crippen LogP contribution is -2.14. The zero-order valence-electron chi connectivity index (χ0n) is 8.82. The van der Waals surface area contributed by atoms with Crippen LogP contribution in [0.15, 0.2) is 48.0 Å². The molecule has 0 aliphatic carbocycles. The minimum absolute atomic E-state index is 0.0436. The van der Waals surface area contributed by atoms with Crippen molar-refractivity contribution in [3.8, 4) is 11.5 Å². The highest BCUT2D eigenvalue weighted by atomic mass is 16.5. The Balaban J connectivity index is 2.14. The quantitative estimate of drug-likeness (QED) is 0.359. The predicted octanol–water partition coefficient (Wildman–Crippen LogP) is 1.36. The minimum atomic E-state index is -0.0436. The summed E-state index contributed by atoms with van der Waals surface area (Å²) in [5.74, 6) is 1.12. The summed E-state index contributed by atoms with van der Waals surface area (Å²) in [5, 5.41) is 11.3. The largest absolute Gasteiger partial charge is 0.454 e. The molecule has 0 radical (unpaired) electrons. The lowest BCUT2D eigenvalue weighted by atomic mass is 10.3. The fourth-order valence-electron chi connectivity index (χ4n) is 1.19. The Labute approximate surface area is 97.4 Å². The molecule has 2 aromatic rings. The normalized spacial score (nSPS) is 11.2. The molecule has 0 saturated heterocycles. The third-order valence-corrected chi connectivity index (χ3v) is 1.98. The molecule has 2 rings (SSSR count). The summed E-state index contributed by atoms with van der Waals surface area (Å²) in [5.41, 5.74) is 5.76. The van der Waals surface area contributed by atoms with Gasteiger partial charge in [0.15, 0.2) is 5.84 Å². The monoisotopic (exact) mass is 230 g/mol. The van der Waals surface area contributed by atoms with E-state index in [9.17, 15) is 0 Å². The fourth-order valence-corrected chi connectivity index (χ4v) is 1.19. The van der Waals surface area contributed by atoms with Gasteiger partial charge in [-0.15, -0.1) is 0 Å². The number of aromatic nitrogens is 2. The van der Waals surface area contributed by atoms with Gasteiger partial charge in [0.05, 0.1) is 12.4 Å². The van der Waals surface area contributed by atoms with Crippen molar-refractivity contribution in [1.29, 1.82) is 0 Å². The Bertz CT molecular complexity index is 511. The van der Waals surface area contributed by atoms with Crippen LogP contribution in [-0.4, -0.2) is 21.0 Å². The van der Waals surface area contributed by atoms with Crippen LogP contribution in [0.25, 0.3) is 0 Å². The third kappa shape index (κ3) is 2.69. The molecule has 0 amide bonds. The molecule has 17 heavy (non-hydrogen) atoms. The molecule has 0 spiro atoms. The number of amidine groups is 1. The zero-order valence-corrected chi connectivity index (χ0v) is 8.82. The lowest BCUT2D eigenvalue weighted by molar-refractivity contribution is 0.318. The first-order chi connectivity index (χ1) is 8.29. The summed E-state index contributed by atoms with van der Waals surface area (Å²) in [6.45, 7) is 0. The average molecular weight is 230 g/mol. The highest BCUT2D eigenvalue weighted by Gasteiger charge is 2.02. The molecule has 0 atom stereocenters. The van der Waals surface area contributed by atoms with Gasteiger partial charge in [-0.2, -0.15) is 0 Å². The van der Waals surface area contributed by atoms with Gasteiger partial charge in [0, 0.05) is 6.20 Å². The number of oxime groups is 1. The van der Waals surface area contributed by atoms with Gasteiger partial charge in [0.25, 0.3) is 0 Å². The number of hydrogen-bond donors (Lipinski definition) is 2. The highest BCUT2D eigenvalue weighted by Crippen LogP contribution is 2.18. The molecule has 0 aliphatic heterocycles. The number of nitrogens with two attached hydrogens (primary N) is 1. The molecular weight excluding hydrogens is 220 g/mol. The van der Waals surface area contributed by atoms with Crippen LogP contribution < -0.4 is 10.5 Å². The second-order valence-electron chi connectivity index (χ2n) is 3.16. The van der Waals surface area contributed by atoms with E-state index >= 15 is 0 Å². The van der Waals surface area contributed by atoms with Crippen LogP contribution in [0.3, 0.4) is 0 Å². The Kier molecular flexibility index (Phi) is 3.15. The molecule has 6 heteroatoms. The van der Waals surface area contributed by atoms with E-state index < -0.39 is 0 Å². The van der Waals surface area contributed by atoms with Crippen LogP contribution in [0, 0.1) is 0 Å². The second kappa shape index (κ2) is 4.93. The summed E-state index contributed by atoms with van der Waals surface area (Å²) in [7, 11) is 0. The first-order valence-corrected chi connectivity index (χ1v) is 4.81. The Morgan fingerprint density at radius 1 is 1.24 bits per heavy atom. The van der Waals surface area contributed by atoms with Crippen molar-refractivity contribution in [2.24, 2.45) is 10.9 Å². The van der Waals surface area contributed by atoms with Crippen LogP contribution >= 0.6 is 0 Å². The first kappa shape index (κ1) is 10.9. The smallest absolute Gasteiger partial charge is 0.188 e. The molecule has 0 bridgehead atoms. The van der Waals surface area contributed by atoms with E-state index in [0.717, 1.165) is 0 Å². The summed E-state index contributed by atoms with van der Waals surface area (Å²) >= 11 is 0. The maximum absolute atomic E-state index is 8.48. The molecule has 0 saturated carbocycles. The summed E-state index contributed by atoms with van der Waals surface area (Å²) in [6.07, 6.45) is 4.74. The molecule has 86 valence electrons. The molecule has 0 unspecified atom stereocenters. The van der Waals surface area contributed by atoms with E-state index in [2.05, 4.69) is 15.1 Å². The summed E-state index contributed by atoms with van der Waals surface area (Å²) in [4.78, 5) is 7.91. The van der Waals surface area contributed by atoms with Crippen molar-refractivity contribution < 1.29 is 9.94 Å². The van der Waals surface area contributed by atoms with Gasteiger partial charge < -0.3 is 15.7 Å². The van der Waals surface area contributed by atoms with Gasteiger partial charge >= 0.3 is 0 Å². The number of rotatable bonds is 3. The Morgan fingerprint density at radius 2 is 2.06 bits per heavy atom. The van der Waals surface area contributed by atoms with Crippen molar-refractivity contribution in [2.75, 3.05) is 0 Å². The number of ether oxygens (including phenoxy) is 1. The average Bonchev–Trinajstić information content (AvgIpc) is 2.40. The van der Waals surface area contributed by atoms with Crippen LogP contribution in [0.1, 0.15) is 5.69 Å². The summed E-state index contributed by atoms with van der Waals surface area (Å²) < 4.78 is 5.48. The third-order valence-electron chi connectivity index (χ3n) is 1.98. The van der Waals surface area contributed by atoms with Gasteiger partial charge in [-0.1, -0.05) is 5.16 Å². The molecular formula is C11H10N4O2. The van der Waals surface area contributed by atoms with Gasteiger partial charge in [0.2, 0.25) is 0 Å². The zero-order chi connectivity index (χ0) is 12.1. The molecule has 3 N–H and O–H groups in total. The van der Waals surface area contributed by atoms with Crippen LogP contribution in [0.4, 0.5) is 0 Å². The van der Waals surface area contributed by atoms with Gasteiger partial charge in [-0.05, 0) is 24.3 Å². The maximum Gasteiger partial charge on any atom is 0.188 e. The predicted molar refractivity (Wildman–Crippen MR) is 61.1 cm³/mol. The lowest BCUT2D eigenvalue weighted by Gasteiger charge is -2.04. The molecule has 2 heterocycles. The van der Waals surface area contributed by atoms with E-state index in [4.69, 9.17) is 15.7 Å². The van der Waals surface area contributed by atoms with Crippen molar-refractivity contribution in [3.05, 3.63) is 48.5 Å². The molecule has 0 fully saturated rings. The standard InChI is InChI=1S/C11H10N4O2/c12-11(15-16)10-4-3-9(7-14-10)17-8-2-1-5-13-6-8/h1-7,16H,(H2,12,15). The molecule has 0 aromatic carbocycles. The van der Waals surface area contributed by atoms with E-state index in [1.807, 2.05) is 0 Å². The van der Waals surface area contributed by atoms with E-state index in [1.54, 1.807) is 36.7 Å². The highest BCUT2D eigenvalue weighted by molar-refractivity contribution is 5.95. The van der Waals surface area contributed by atoms with E-state index in [-0.39, 0.29) is 5.84 Å². The second-order valence-corrected chi connectivity index (χ2v) is 3.16. The van der Waals surface area contributed by atoms with Crippen LogP contribution in [0.5, 0.6) is 11.5 Å². The molecule has 0 aliphatic rings. The molecule has 6 nitrogen and oxygen atoms in total. The van der Waals surface area contributed by atoms with Gasteiger partial charge in [0.1, 0.15) is 17.2 Å². The van der Waals surface area contributed by atoms with Gasteiger partial charge in [-0.25, -0.2) is 4.98 Å². The van der Waals surface area contributed by atoms with Crippen molar-refractivity contribution in [2.45, 2.75) is 0 Å². The Hall–Kier alpha value is -2.63. The van der Waals surface area contributed by atoms with Crippen LogP contribution in [0.2, 0.25) is 0 Å². The van der Waals surface area contributed by atoms with E-state index in [0.29, 0.717) is 17.2 Å². The maximum atomic E-state index is 8.48. The first-order valence-electron chi connectivity index (χ1n) is 4.81. The number of nitrogens with zero attached hydrogens (tertiary/aromatic N) is 3. The van der Waals surface area contributed by atoms with E-state index in [1.165, 1.54) is 6.20 Å². The number of pyridine rings is 2. The van der Waals surface area contributed by atoms with Crippen molar-refractivity contribution in [3.63, 3.8) is 0 Å². The SMILES string of the molecule is N/C(=N/O)c1ccc(Oc2cccnc2)cn1. The molecule has 2 aromatic heterocycles. The van der Waals surface area contributed by atoms with Crippen molar-refractivity contribution >= 4 is 5.84 Å².